The summed E-state index contributed by atoms with van der Waals surface area (Å²) >= 11 is 0. The molecule has 0 aromatic heterocycles. The minimum Gasteiger partial charge on any atom is -0.508 e. The highest BCUT2D eigenvalue weighted by Crippen LogP contribution is 2.34. The van der Waals surface area contributed by atoms with Crippen molar-refractivity contribution in [1.82, 2.24) is 0 Å². The third kappa shape index (κ3) is 9.25. The normalized spacial score (nSPS) is 10.1. The predicted molar refractivity (Wildman–Crippen MR) is 112 cm³/mol. The number of hydrogen-bond donors (Lipinski definition) is 2. The smallest absolute Gasteiger partial charge is 0.292 e. The van der Waals surface area contributed by atoms with Gasteiger partial charge in [0.25, 0.3) is 6.47 Å². The fourth-order valence-corrected chi connectivity index (χ4v) is 2.53. The van der Waals surface area contributed by atoms with Crippen molar-refractivity contribution >= 4 is 6.47 Å². The van der Waals surface area contributed by atoms with Crippen LogP contribution in [0.4, 0.5) is 0 Å². The maximum Gasteiger partial charge on any atom is 0.292 e. The molecule has 2 N–H and O–H groups in total. The molecule has 0 aliphatic carbocycles. The number of hydrogen-bond acceptors (Lipinski definition) is 4. The molecule has 0 unspecified atom stereocenters. The van der Waals surface area contributed by atoms with Crippen molar-refractivity contribution in [1.29, 1.82) is 0 Å². The Balaban J connectivity index is 0.000000630. The molecule has 2 rings (SSSR count). The maximum atomic E-state index is 9.93. The molecule has 0 bridgehead atoms. The zero-order valence-corrected chi connectivity index (χ0v) is 17.9. The second kappa shape index (κ2) is 11.4. The molecule has 0 saturated carbocycles. The van der Waals surface area contributed by atoms with Crippen LogP contribution in [0.15, 0.2) is 30.3 Å². The van der Waals surface area contributed by atoms with Gasteiger partial charge in [0.2, 0.25) is 0 Å². The summed E-state index contributed by atoms with van der Waals surface area (Å²) in [6.07, 6.45) is 0.935. The van der Waals surface area contributed by atoms with Crippen LogP contribution < -0.4 is 0 Å². The zero-order valence-electron chi connectivity index (χ0n) is 17.9. The lowest BCUT2D eigenvalue weighted by Crippen LogP contribution is -2.10. The van der Waals surface area contributed by atoms with E-state index in [2.05, 4.69) is 49.8 Å². The molecule has 2 aromatic carbocycles. The van der Waals surface area contributed by atoms with Crippen LogP contribution in [0, 0.1) is 20.8 Å². The van der Waals surface area contributed by atoms with E-state index in [4.69, 9.17) is 9.90 Å². The summed E-state index contributed by atoms with van der Waals surface area (Å²) in [7, 11) is 1.31. The molecule has 0 fully saturated rings. The van der Waals surface area contributed by atoms with Gasteiger partial charge in [0.05, 0.1) is 12.7 Å². The average Bonchev–Trinajstić information content (AvgIpc) is 2.57. The summed E-state index contributed by atoms with van der Waals surface area (Å²) < 4.78 is 3.86. The quantitative estimate of drug-likeness (QED) is 0.732. The number of benzene rings is 2. The average molecular weight is 375 g/mol. The van der Waals surface area contributed by atoms with E-state index >= 15 is 0 Å². The molecular formula is C23H34O4. The van der Waals surface area contributed by atoms with E-state index in [-0.39, 0.29) is 0 Å². The Labute approximate surface area is 163 Å². The van der Waals surface area contributed by atoms with E-state index in [0.29, 0.717) is 12.2 Å². The van der Waals surface area contributed by atoms with Crippen LogP contribution >= 0.6 is 0 Å². The van der Waals surface area contributed by atoms with Crippen LogP contribution in [0.3, 0.4) is 0 Å². The molecule has 150 valence electrons. The van der Waals surface area contributed by atoms with Crippen LogP contribution in [0.25, 0.3) is 11.1 Å². The molecule has 4 heteroatoms. The van der Waals surface area contributed by atoms with Gasteiger partial charge in [0.15, 0.2) is 0 Å². The number of carbonyl (C=O) groups excluding carboxylic acids is 1. The van der Waals surface area contributed by atoms with Gasteiger partial charge in [-0.25, -0.2) is 0 Å². The predicted octanol–water partition coefficient (Wildman–Crippen LogP) is 5.11. The summed E-state index contributed by atoms with van der Waals surface area (Å²) in [5.74, 6) is 0.403. The number of rotatable bonds is 3. The van der Waals surface area contributed by atoms with Crippen molar-refractivity contribution in [3.8, 4) is 16.9 Å². The van der Waals surface area contributed by atoms with Crippen LogP contribution in [-0.4, -0.2) is 29.4 Å². The van der Waals surface area contributed by atoms with E-state index in [1.165, 1.54) is 29.4 Å². The Morgan fingerprint density at radius 3 is 1.89 bits per heavy atom. The van der Waals surface area contributed by atoms with Crippen LogP contribution in [-0.2, 0) is 16.0 Å². The van der Waals surface area contributed by atoms with Crippen LogP contribution in [0.5, 0.6) is 5.75 Å². The molecule has 0 saturated heterocycles. The molecular weight excluding hydrogens is 340 g/mol. The van der Waals surface area contributed by atoms with E-state index < -0.39 is 5.60 Å². The molecule has 27 heavy (non-hydrogen) atoms. The molecule has 0 radical (unpaired) electrons. The molecule has 0 amide bonds. The summed E-state index contributed by atoms with van der Waals surface area (Å²) in [5.41, 5.74) is 6.66. The van der Waals surface area contributed by atoms with Gasteiger partial charge in [-0.05, 0) is 81.8 Å². The Kier molecular flexibility index (Phi) is 10.4. The van der Waals surface area contributed by atoms with Crippen molar-refractivity contribution in [2.45, 2.75) is 60.5 Å². The van der Waals surface area contributed by atoms with Gasteiger partial charge < -0.3 is 14.9 Å². The number of aryl methyl sites for hydroxylation is 2. The van der Waals surface area contributed by atoms with Crippen molar-refractivity contribution in [3.05, 3.63) is 52.6 Å². The second-order valence-electron chi connectivity index (χ2n) is 7.41. The highest BCUT2D eigenvalue weighted by Gasteiger charge is 2.13. The van der Waals surface area contributed by atoms with Gasteiger partial charge >= 0.3 is 0 Å². The molecule has 0 atom stereocenters. The Bertz CT molecular complexity index is 705. The number of aliphatic hydroxyl groups is 1. The van der Waals surface area contributed by atoms with Gasteiger partial charge in [-0.3, -0.25) is 4.79 Å². The molecule has 4 nitrogen and oxygen atoms in total. The lowest BCUT2D eigenvalue weighted by atomic mass is 9.89. The van der Waals surface area contributed by atoms with Gasteiger partial charge in [-0.2, -0.15) is 0 Å². The Hall–Kier alpha value is -2.33. The van der Waals surface area contributed by atoms with E-state index in [9.17, 15) is 5.11 Å². The fourth-order valence-electron chi connectivity index (χ4n) is 2.53. The Morgan fingerprint density at radius 2 is 1.52 bits per heavy atom. The standard InChI is InChI=1S/C17H20O.C4H10O.C2H4O2/c1-5-15-13(4)16(18)10-12(3)17(15)14-8-6-11(2)7-9-14;1-4(2,3)5;1-4-2-3/h6-10,18H,5H2,1-4H3;5H,1-3H3;2H,1H3. The first-order chi connectivity index (χ1) is 12.5. The third-order valence-corrected chi connectivity index (χ3v) is 3.68. The topological polar surface area (TPSA) is 66.8 Å². The number of phenols is 1. The first-order valence-electron chi connectivity index (χ1n) is 9.04. The fraction of sp³-hybridized carbons (Fsp3) is 0.435. The van der Waals surface area contributed by atoms with Crippen LogP contribution in [0.2, 0.25) is 0 Å². The van der Waals surface area contributed by atoms with Gasteiger partial charge in [0.1, 0.15) is 5.75 Å². The summed E-state index contributed by atoms with van der Waals surface area (Å²) in [6, 6.07) is 10.5. The monoisotopic (exact) mass is 374 g/mol. The number of methoxy groups -OCH3 is 1. The van der Waals surface area contributed by atoms with Crippen LogP contribution in [0.1, 0.15) is 49.9 Å². The lowest BCUT2D eigenvalue weighted by Gasteiger charge is -2.16. The first kappa shape index (κ1) is 24.7. The highest BCUT2D eigenvalue weighted by atomic mass is 16.5. The van der Waals surface area contributed by atoms with E-state index in [1.54, 1.807) is 20.8 Å². The van der Waals surface area contributed by atoms with Crippen molar-refractivity contribution in [3.63, 3.8) is 0 Å². The van der Waals surface area contributed by atoms with E-state index in [1.807, 2.05) is 13.0 Å². The maximum absolute atomic E-state index is 9.93. The largest absolute Gasteiger partial charge is 0.508 e. The summed E-state index contributed by atoms with van der Waals surface area (Å²) in [6.45, 7) is 13.9. The number of carbonyl (C=O) groups is 1. The highest BCUT2D eigenvalue weighted by molar-refractivity contribution is 5.74. The Morgan fingerprint density at radius 1 is 1.07 bits per heavy atom. The van der Waals surface area contributed by atoms with Crippen molar-refractivity contribution in [2.24, 2.45) is 0 Å². The molecule has 0 heterocycles. The minimum atomic E-state index is -0.500. The number of aromatic hydroxyl groups is 1. The van der Waals surface area contributed by atoms with Crippen molar-refractivity contribution in [2.75, 3.05) is 7.11 Å². The molecule has 0 spiro atoms. The number of phenolic OH excluding ortho intramolecular Hbond substituents is 1. The van der Waals surface area contributed by atoms with Crippen molar-refractivity contribution < 1.29 is 19.7 Å². The van der Waals surface area contributed by atoms with Gasteiger partial charge in [-0.15, -0.1) is 0 Å². The SMILES string of the molecule is CC(C)(C)O.CCc1c(C)c(O)cc(C)c1-c1ccc(C)cc1.COC=O. The van der Waals surface area contributed by atoms with E-state index in [0.717, 1.165) is 17.5 Å². The summed E-state index contributed by atoms with van der Waals surface area (Å²) in [4.78, 5) is 8.95. The molecule has 0 aliphatic rings. The third-order valence-electron chi connectivity index (χ3n) is 3.68. The molecule has 2 aromatic rings. The minimum absolute atomic E-state index is 0.375. The first-order valence-corrected chi connectivity index (χ1v) is 9.04. The van der Waals surface area contributed by atoms with Gasteiger partial charge in [0, 0.05) is 0 Å². The zero-order chi connectivity index (χ0) is 21.2. The molecule has 0 aliphatic heterocycles. The summed E-state index contributed by atoms with van der Waals surface area (Å²) in [5, 5.41) is 18.4. The second-order valence-corrected chi connectivity index (χ2v) is 7.41. The number of ether oxygens (including phenoxy) is 1. The van der Waals surface area contributed by atoms with Gasteiger partial charge in [-0.1, -0.05) is 36.8 Å². The lowest BCUT2D eigenvalue weighted by molar-refractivity contribution is -0.126.